The summed E-state index contributed by atoms with van der Waals surface area (Å²) >= 11 is 0. The molecule has 0 heterocycles. The molecule has 0 atom stereocenters. The standard InChI is InChI=1S/C40H79NO5/c1-3-5-7-9-11-13-15-17-19-21-23-25-27-29-31-33-35-45-39(42)37-41(44)38-40(43)46-36-34-32-30-28-26-24-22-20-18-16-14-12-10-8-6-4-2/h44H,3-38H2,1-2H3. The molecule has 0 rings (SSSR count). The molecule has 46 heavy (non-hydrogen) atoms. The predicted octanol–water partition coefficient (Wildman–Crippen LogP) is 12.3. The maximum Gasteiger partial charge on any atom is 0.322 e. The van der Waals surface area contributed by atoms with Gasteiger partial charge in [0.05, 0.1) is 13.2 Å². The van der Waals surface area contributed by atoms with Crippen LogP contribution in [0.4, 0.5) is 0 Å². The number of ether oxygens (including phenoxy) is 2. The molecule has 0 unspecified atom stereocenters. The number of hydrogen-bond donors (Lipinski definition) is 1. The second kappa shape index (κ2) is 38.3. The van der Waals surface area contributed by atoms with Crippen LogP contribution in [0.5, 0.6) is 0 Å². The molecule has 0 aliphatic heterocycles. The van der Waals surface area contributed by atoms with E-state index in [2.05, 4.69) is 13.8 Å². The lowest BCUT2D eigenvalue weighted by molar-refractivity contribution is -0.169. The third-order valence-corrected chi connectivity index (χ3v) is 9.15. The largest absolute Gasteiger partial charge is 0.465 e. The van der Waals surface area contributed by atoms with Crippen molar-refractivity contribution in [3.8, 4) is 0 Å². The highest BCUT2D eigenvalue weighted by atomic mass is 16.6. The van der Waals surface area contributed by atoms with Gasteiger partial charge in [0.2, 0.25) is 0 Å². The Morgan fingerprint density at radius 2 is 0.565 bits per heavy atom. The van der Waals surface area contributed by atoms with Crippen molar-refractivity contribution in [2.24, 2.45) is 0 Å². The third-order valence-electron chi connectivity index (χ3n) is 9.15. The second-order valence-electron chi connectivity index (χ2n) is 13.9. The van der Waals surface area contributed by atoms with E-state index in [1.165, 1.54) is 180 Å². The van der Waals surface area contributed by atoms with Crippen LogP contribution in [0, 0.1) is 0 Å². The summed E-state index contributed by atoms with van der Waals surface area (Å²) in [6.07, 6.45) is 41.8. The maximum atomic E-state index is 11.9. The molecule has 0 aliphatic carbocycles. The van der Waals surface area contributed by atoms with E-state index in [1.807, 2.05) is 0 Å². The Balaban J connectivity index is 3.37. The molecule has 1 N–H and O–H groups in total. The van der Waals surface area contributed by atoms with Gasteiger partial charge in [-0.15, -0.1) is 0 Å². The van der Waals surface area contributed by atoms with Crippen molar-refractivity contribution in [2.45, 2.75) is 219 Å². The first-order valence-corrected chi connectivity index (χ1v) is 20.3. The van der Waals surface area contributed by atoms with Crippen LogP contribution in [-0.4, -0.2) is 48.5 Å². The fourth-order valence-electron chi connectivity index (χ4n) is 6.12. The van der Waals surface area contributed by atoms with Crippen LogP contribution in [0.1, 0.15) is 219 Å². The van der Waals surface area contributed by atoms with Gasteiger partial charge in [-0.25, -0.2) is 0 Å². The van der Waals surface area contributed by atoms with E-state index in [1.54, 1.807) is 0 Å². The first-order valence-electron chi connectivity index (χ1n) is 20.3. The molecule has 0 aromatic heterocycles. The van der Waals surface area contributed by atoms with Crippen LogP contribution in [0.15, 0.2) is 0 Å². The second-order valence-corrected chi connectivity index (χ2v) is 13.9. The molecule has 0 bridgehead atoms. The molecule has 6 nitrogen and oxygen atoms in total. The van der Waals surface area contributed by atoms with Crippen LogP contribution in [-0.2, 0) is 19.1 Å². The molecule has 0 aromatic carbocycles. The number of carbonyl (C=O) groups is 2. The van der Waals surface area contributed by atoms with Gasteiger partial charge in [0, 0.05) is 0 Å². The summed E-state index contributed by atoms with van der Waals surface area (Å²) in [7, 11) is 0. The summed E-state index contributed by atoms with van der Waals surface area (Å²) in [5.41, 5.74) is 0. The molecular formula is C40H79NO5. The zero-order chi connectivity index (χ0) is 33.6. The minimum atomic E-state index is -0.505. The average molecular weight is 654 g/mol. The summed E-state index contributed by atoms with van der Waals surface area (Å²) in [6.45, 7) is 4.66. The van der Waals surface area contributed by atoms with Crippen molar-refractivity contribution < 1.29 is 24.3 Å². The zero-order valence-corrected chi connectivity index (χ0v) is 31.0. The molecule has 0 aliphatic rings. The van der Waals surface area contributed by atoms with E-state index < -0.39 is 11.9 Å². The topological polar surface area (TPSA) is 76.1 Å². The monoisotopic (exact) mass is 654 g/mol. The first kappa shape index (κ1) is 44.9. The highest BCUT2D eigenvalue weighted by Gasteiger charge is 2.14. The molecular weight excluding hydrogens is 574 g/mol. The van der Waals surface area contributed by atoms with Crippen LogP contribution in [0.25, 0.3) is 0 Å². The number of hydrogen-bond acceptors (Lipinski definition) is 6. The lowest BCUT2D eigenvalue weighted by Gasteiger charge is -2.13. The van der Waals surface area contributed by atoms with E-state index in [0.717, 1.165) is 25.7 Å². The highest BCUT2D eigenvalue weighted by Crippen LogP contribution is 2.15. The molecule has 274 valence electrons. The molecule has 0 aromatic rings. The summed E-state index contributed by atoms with van der Waals surface area (Å²) in [6, 6.07) is 0. The highest BCUT2D eigenvalue weighted by molar-refractivity contribution is 5.74. The molecule has 0 spiro atoms. The van der Waals surface area contributed by atoms with Crippen LogP contribution >= 0.6 is 0 Å². The Morgan fingerprint density at radius 3 is 0.783 bits per heavy atom. The number of hydroxylamine groups is 2. The Hall–Kier alpha value is -1.14. The normalized spacial score (nSPS) is 11.4. The fourth-order valence-corrected chi connectivity index (χ4v) is 6.12. The van der Waals surface area contributed by atoms with Gasteiger partial charge in [-0.2, -0.15) is 5.06 Å². The van der Waals surface area contributed by atoms with Crippen molar-refractivity contribution >= 4 is 11.9 Å². The lowest BCUT2D eigenvalue weighted by atomic mass is 10.0. The van der Waals surface area contributed by atoms with Crippen molar-refractivity contribution in [1.29, 1.82) is 0 Å². The van der Waals surface area contributed by atoms with E-state index in [0.29, 0.717) is 18.3 Å². The Labute approximate surface area is 286 Å². The van der Waals surface area contributed by atoms with Gasteiger partial charge in [-0.3, -0.25) is 9.59 Å². The Kier molecular flexibility index (Phi) is 37.4. The van der Waals surface area contributed by atoms with E-state index >= 15 is 0 Å². The Morgan fingerprint density at radius 1 is 0.370 bits per heavy atom. The van der Waals surface area contributed by atoms with E-state index in [-0.39, 0.29) is 13.1 Å². The van der Waals surface area contributed by atoms with Crippen molar-refractivity contribution in [2.75, 3.05) is 26.3 Å². The molecule has 0 saturated heterocycles. The van der Waals surface area contributed by atoms with Crippen LogP contribution in [0.3, 0.4) is 0 Å². The molecule has 0 radical (unpaired) electrons. The number of esters is 2. The molecule has 0 fully saturated rings. The molecule has 0 saturated carbocycles. The lowest BCUT2D eigenvalue weighted by Crippen LogP contribution is -2.33. The van der Waals surface area contributed by atoms with Crippen molar-refractivity contribution in [1.82, 2.24) is 5.06 Å². The third kappa shape index (κ3) is 37.3. The van der Waals surface area contributed by atoms with Crippen LogP contribution < -0.4 is 0 Å². The molecule has 0 amide bonds. The van der Waals surface area contributed by atoms with Gasteiger partial charge in [0.25, 0.3) is 0 Å². The van der Waals surface area contributed by atoms with Crippen molar-refractivity contribution in [3.63, 3.8) is 0 Å². The van der Waals surface area contributed by atoms with Gasteiger partial charge < -0.3 is 14.7 Å². The number of unbranched alkanes of at least 4 members (excludes halogenated alkanes) is 30. The van der Waals surface area contributed by atoms with Gasteiger partial charge in [-0.05, 0) is 12.8 Å². The average Bonchev–Trinajstić information content (AvgIpc) is 3.03. The smallest absolute Gasteiger partial charge is 0.322 e. The Bertz CT molecular complexity index is 577. The minimum absolute atomic E-state index is 0.312. The zero-order valence-electron chi connectivity index (χ0n) is 31.0. The first-order chi connectivity index (χ1) is 22.6. The van der Waals surface area contributed by atoms with E-state index in [9.17, 15) is 14.8 Å². The SMILES string of the molecule is CCCCCCCCCCCCCCCCCCOC(=O)CN(O)CC(=O)OCCCCCCCCCCCCCCCCCC. The number of carbonyl (C=O) groups excluding carboxylic acids is 2. The summed E-state index contributed by atoms with van der Waals surface area (Å²) in [4.78, 5) is 23.9. The van der Waals surface area contributed by atoms with E-state index in [4.69, 9.17) is 9.47 Å². The minimum Gasteiger partial charge on any atom is -0.465 e. The summed E-state index contributed by atoms with van der Waals surface area (Å²) in [5, 5.41) is 10.6. The maximum absolute atomic E-state index is 11.9. The van der Waals surface area contributed by atoms with Crippen LogP contribution in [0.2, 0.25) is 0 Å². The van der Waals surface area contributed by atoms with Gasteiger partial charge in [0.1, 0.15) is 13.1 Å². The van der Waals surface area contributed by atoms with Gasteiger partial charge in [-0.1, -0.05) is 206 Å². The van der Waals surface area contributed by atoms with Gasteiger partial charge in [0.15, 0.2) is 0 Å². The van der Waals surface area contributed by atoms with Gasteiger partial charge >= 0.3 is 11.9 Å². The fraction of sp³-hybridized carbons (Fsp3) is 0.950. The molecule has 6 heteroatoms. The number of rotatable bonds is 38. The van der Waals surface area contributed by atoms with Crippen molar-refractivity contribution in [3.05, 3.63) is 0 Å². The summed E-state index contributed by atoms with van der Waals surface area (Å²) < 4.78 is 10.4. The summed E-state index contributed by atoms with van der Waals surface area (Å²) in [5.74, 6) is -1.01. The predicted molar refractivity (Wildman–Crippen MR) is 194 cm³/mol. The number of nitrogens with zero attached hydrogens (tertiary/aromatic N) is 1. The quantitative estimate of drug-likeness (QED) is 0.0406.